The highest BCUT2D eigenvalue weighted by Gasteiger charge is 2.47. The third-order valence-corrected chi connectivity index (χ3v) is 6.24. The van der Waals surface area contributed by atoms with Crippen molar-refractivity contribution in [2.75, 3.05) is 11.4 Å². The zero-order valence-electron chi connectivity index (χ0n) is 17.2. The number of para-hydroxylation sites is 1. The van der Waals surface area contributed by atoms with E-state index in [4.69, 9.17) is 4.74 Å². The van der Waals surface area contributed by atoms with Crippen molar-refractivity contribution in [2.45, 2.75) is 51.7 Å². The normalized spacial score (nSPS) is 25.9. The summed E-state index contributed by atoms with van der Waals surface area (Å²) in [6.45, 7) is 3.51. The predicted molar refractivity (Wildman–Crippen MR) is 109 cm³/mol. The van der Waals surface area contributed by atoms with E-state index in [9.17, 15) is 19.2 Å². The second-order valence-electron chi connectivity index (χ2n) is 8.26. The first-order chi connectivity index (χ1) is 14.4. The third-order valence-electron chi connectivity index (χ3n) is 6.24. The molecule has 2 aliphatic heterocycles. The Labute approximate surface area is 175 Å². The summed E-state index contributed by atoms with van der Waals surface area (Å²) in [5, 5.41) is 0. The van der Waals surface area contributed by atoms with Crippen molar-refractivity contribution in [2.24, 2.45) is 11.8 Å². The van der Waals surface area contributed by atoms with Gasteiger partial charge in [-0.1, -0.05) is 30.4 Å². The van der Waals surface area contributed by atoms with Gasteiger partial charge in [0.2, 0.25) is 11.8 Å². The van der Waals surface area contributed by atoms with E-state index in [2.05, 4.69) is 0 Å². The SMILES string of the molecule is CC(OC(=O)CCN1C(=O)C2CC=CCC2C1=O)C(=O)N1c2ccccc2CC1C. The number of ether oxygens (including phenoxy) is 1. The molecule has 0 N–H and O–H groups in total. The minimum absolute atomic E-state index is 0.00659. The van der Waals surface area contributed by atoms with Crippen LogP contribution >= 0.6 is 0 Å². The van der Waals surface area contributed by atoms with Gasteiger partial charge in [-0.25, -0.2) is 0 Å². The molecule has 1 aliphatic carbocycles. The highest BCUT2D eigenvalue weighted by molar-refractivity contribution is 6.05. The molecule has 4 atom stereocenters. The average Bonchev–Trinajstić information content (AvgIpc) is 3.19. The molecule has 3 amide bonds. The van der Waals surface area contributed by atoms with Crippen LogP contribution in [0, 0.1) is 11.8 Å². The fourth-order valence-electron chi connectivity index (χ4n) is 4.70. The molecule has 30 heavy (non-hydrogen) atoms. The van der Waals surface area contributed by atoms with Crippen LogP contribution in [-0.2, 0) is 30.3 Å². The Bertz CT molecular complexity index is 898. The Hall–Kier alpha value is -2.96. The van der Waals surface area contributed by atoms with Crippen molar-refractivity contribution in [3.8, 4) is 0 Å². The molecule has 0 aromatic heterocycles. The second kappa shape index (κ2) is 8.05. The van der Waals surface area contributed by atoms with E-state index in [-0.39, 0.29) is 48.6 Å². The van der Waals surface area contributed by atoms with Crippen molar-refractivity contribution < 1.29 is 23.9 Å². The van der Waals surface area contributed by atoms with Crippen molar-refractivity contribution in [1.82, 2.24) is 4.90 Å². The first kappa shape index (κ1) is 20.3. The number of esters is 1. The average molecular weight is 410 g/mol. The van der Waals surface area contributed by atoms with Gasteiger partial charge in [0, 0.05) is 18.3 Å². The number of likely N-dealkylation sites (tertiary alicyclic amines) is 1. The lowest BCUT2D eigenvalue weighted by Gasteiger charge is -2.26. The van der Waals surface area contributed by atoms with Gasteiger partial charge in [-0.15, -0.1) is 0 Å². The number of hydrogen-bond donors (Lipinski definition) is 0. The van der Waals surface area contributed by atoms with Crippen LogP contribution in [0.5, 0.6) is 0 Å². The summed E-state index contributed by atoms with van der Waals surface area (Å²) in [7, 11) is 0. The molecular formula is C23H26N2O5. The van der Waals surface area contributed by atoms with Gasteiger partial charge in [0.05, 0.1) is 18.3 Å². The van der Waals surface area contributed by atoms with Crippen LogP contribution in [0.1, 0.15) is 38.7 Å². The number of rotatable bonds is 5. The lowest BCUT2D eigenvalue weighted by Crippen LogP contribution is -2.43. The number of amides is 3. The highest BCUT2D eigenvalue weighted by Crippen LogP contribution is 2.35. The number of hydrogen-bond acceptors (Lipinski definition) is 5. The topological polar surface area (TPSA) is 84.0 Å². The van der Waals surface area contributed by atoms with Crippen LogP contribution in [0.15, 0.2) is 36.4 Å². The third kappa shape index (κ3) is 3.53. The highest BCUT2D eigenvalue weighted by atomic mass is 16.5. The standard InChI is InChI=1S/C23H26N2O5/c1-14-13-16-7-3-6-10-19(16)25(14)21(27)15(2)30-20(26)11-12-24-22(28)17-8-4-5-9-18(17)23(24)29/h3-7,10,14-15,17-18H,8-9,11-13H2,1-2H3. The van der Waals surface area contributed by atoms with Crippen LogP contribution in [0.4, 0.5) is 5.69 Å². The molecule has 1 aromatic rings. The van der Waals surface area contributed by atoms with E-state index in [1.165, 1.54) is 4.90 Å². The van der Waals surface area contributed by atoms with Gasteiger partial charge in [0.1, 0.15) is 0 Å². The number of imide groups is 1. The number of allylic oxidation sites excluding steroid dienone is 2. The molecule has 0 radical (unpaired) electrons. The van der Waals surface area contributed by atoms with E-state index >= 15 is 0 Å². The lowest BCUT2D eigenvalue weighted by molar-refractivity contribution is -0.154. The molecule has 4 rings (SSSR count). The Morgan fingerprint density at radius 1 is 1.10 bits per heavy atom. The summed E-state index contributed by atoms with van der Waals surface area (Å²) in [5.41, 5.74) is 1.95. The summed E-state index contributed by atoms with van der Waals surface area (Å²) < 4.78 is 5.35. The molecule has 4 unspecified atom stereocenters. The van der Waals surface area contributed by atoms with Crippen molar-refractivity contribution >= 4 is 29.4 Å². The molecule has 0 spiro atoms. The minimum atomic E-state index is -0.942. The van der Waals surface area contributed by atoms with Gasteiger partial charge in [0.25, 0.3) is 5.91 Å². The number of nitrogens with zero attached hydrogens (tertiary/aromatic N) is 2. The molecule has 1 saturated heterocycles. The summed E-state index contributed by atoms with van der Waals surface area (Å²) in [6, 6.07) is 7.70. The smallest absolute Gasteiger partial charge is 0.308 e. The summed E-state index contributed by atoms with van der Waals surface area (Å²) in [5.74, 6) is -1.91. The number of benzene rings is 1. The van der Waals surface area contributed by atoms with Gasteiger partial charge in [-0.2, -0.15) is 0 Å². The van der Waals surface area contributed by atoms with Gasteiger partial charge >= 0.3 is 5.97 Å². The zero-order chi connectivity index (χ0) is 21.4. The number of fused-ring (bicyclic) bond motifs is 2. The molecule has 7 heteroatoms. The monoisotopic (exact) mass is 410 g/mol. The van der Waals surface area contributed by atoms with Gasteiger partial charge < -0.3 is 9.64 Å². The quantitative estimate of drug-likeness (QED) is 0.422. The van der Waals surface area contributed by atoms with Crippen LogP contribution < -0.4 is 4.90 Å². The number of carbonyl (C=O) groups excluding carboxylic acids is 4. The molecule has 7 nitrogen and oxygen atoms in total. The Kier molecular flexibility index (Phi) is 5.45. The van der Waals surface area contributed by atoms with E-state index in [1.807, 2.05) is 43.3 Å². The van der Waals surface area contributed by atoms with Crippen LogP contribution in [0.2, 0.25) is 0 Å². The molecule has 1 fully saturated rings. The van der Waals surface area contributed by atoms with Gasteiger partial charge in [-0.05, 0) is 44.7 Å². The molecule has 2 heterocycles. The lowest BCUT2D eigenvalue weighted by atomic mass is 9.85. The van der Waals surface area contributed by atoms with E-state index in [1.54, 1.807) is 11.8 Å². The predicted octanol–water partition coefficient (Wildman–Crippen LogP) is 2.24. The summed E-state index contributed by atoms with van der Waals surface area (Å²) in [6.07, 6.45) is 4.69. The van der Waals surface area contributed by atoms with Crippen molar-refractivity contribution in [3.63, 3.8) is 0 Å². The van der Waals surface area contributed by atoms with Crippen LogP contribution in [0.3, 0.4) is 0 Å². The fourth-order valence-corrected chi connectivity index (χ4v) is 4.70. The maximum Gasteiger partial charge on any atom is 0.308 e. The maximum absolute atomic E-state index is 12.9. The van der Waals surface area contributed by atoms with Crippen LogP contribution in [-0.4, -0.2) is 47.3 Å². The molecule has 1 aromatic carbocycles. The number of anilines is 1. The second-order valence-corrected chi connectivity index (χ2v) is 8.26. The largest absolute Gasteiger partial charge is 0.452 e. The molecule has 0 bridgehead atoms. The summed E-state index contributed by atoms with van der Waals surface area (Å²) in [4.78, 5) is 53.1. The summed E-state index contributed by atoms with van der Waals surface area (Å²) >= 11 is 0. The fraction of sp³-hybridized carbons (Fsp3) is 0.478. The first-order valence-corrected chi connectivity index (χ1v) is 10.5. The van der Waals surface area contributed by atoms with Gasteiger partial charge in [0.15, 0.2) is 6.10 Å². The Morgan fingerprint density at radius 2 is 1.73 bits per heavy atom. The molecule has 3 aliphatic rings. The van der Waals surface area contributed by atoms with Crippen LogP contribution in [0.25, 0.3) is 0 Å². The Morgan fingerprint density at radius 3 is 2.40 bits per heavy atom. The van der Waals surface area contributed by atoms with Gasteiger partial charge in [-0.3, -0.25) is 24.1 Å². The van der Waals surface area contributed by atoms with E-state index in [0.29, 0.717) is 12.8 Å². The zero-order valence-corrected chi connectivity index (χ0v) is 17.2. The first-order valence-electron chi connectivity index (χ1n) is 10.5. The van der Waals surface area contributed by atoms with Crippen molar-refractivity contribution in [3.05, 3.63) is 42.0 Å². The molecule has 158 valence electrons. The van der Waals surface area contributed by atoms with E-state index in [0.717, 1.165) is 17.7 Å². The minimum Gasteiger partial charge on any atom is -0.452 e. The van der Waals surface area contributed by atoms with Crippen molar-refractivity contribution in [1.29, 1.82) is 0 Å². The molecular weight excluding hydrogens is 384 g/mol. The Balaban J connectivity index is 1.33. The number of carbonyl (C=O) groups is 4. The maximum atomic E-state index is 12.9. The van der Waals surface area contributed by atoms with E-state index < -0.39 is 12.1 Å². The molecule has 0 saturated carbocycles.